The van der Waals surface area contributed by atoms with Crippen LogP contribution in [0.5, 0.6) is 0 Å². The van der Waals surface area contributed by atoms with E-state index in [9.17, 15) is 4.57 Å². The average molecular weight is 177 g/mol. The summed E-state index contributed by atoms with van der Waals surface area (Å²) in [4.78, 5) is 0. The van der Waals surface area contributed by atoms with Gasteiger partial charge in [0.2, 0.25) is 8.46 Å². The Morgan fingerprint density at radius 1 is 1.09 bits per heavy atom. The third-order valence-electron chi connectivity index (χ3n) is 0.748. The first kappa shape index (κ1) is 11.0. The van der Waals surface area contributed by atoms with E-state index >= 15 is 0 Å². The summed E-state index contributed by atoms with van der Waals surface area (Å²) in [5, 5.41) is 0. The summed E-state index contributed by atoms with van der Waals surface area (Å²) in [5.41, 5.74) is 0. The van der Waals surface area contributed by atoms with Crippen molar-refractivity contribution in [1.82, 2.24) is 0 Å². The van der Waals surface area contributed by atoms with Crippen LogP contribution >= 0.6 is 8.46 Å². The Kier molecular flexibility index (Phi) is 5.65. The quantitative estimate of drug-likeness (QED) is 0.605. The molecule has 0 aromatic carbocycles. The van der Waals surface area contributed by atoms with Crippen LogP contribution in [0.1, 0.15) is 27.7 Å². The van der Waals surface area contributed by atoms with E-state index in [4.69, 9.17) is 9.47 Å². The van der Waals surface area contributed by atoms with Gasteiger partial charge >= 0.3 is 6.03 Å². The topological polar surface area (TPSA) is 35.5 Å². The highest BCUT2D eigenvalue weighted by Gasteiger charge is 2.15. The van der Waals surface area contributed by atoms with Crippen LogP contribution in [0.25, 0.3) is 0 Å². The number of ether oxygens (including phenoxy) is 2. The molecule has 0 fully saturated rings. The molecule has 0 unspecified atom stereocenters. The van der Waals surface area contributed by atoms with Crippen molar-refractivity contribution >= 4 is 8.46 Å². The van der Waals surface area contributed by atoms with E-state index in [0.717, 1.165) is 0 Å². The molecule has 0 saturated heterocycles. The smallest absolute Gasteiger partial charge is 0.320 e. The summed E-state index contributed by atoms with van der Waals surface area (Å²) in [6, 6.07) is 0.162. The van der Waals surface area contributed by atoms with E-state index in [0.29, 0.717) is 0 Å². The molecule has 0 saturated carbocycles. The summed E-state index contributed by atoms with van der Waals surface area (Å²) in [6.07, 6.45) is 0.00963. The lowest BCUT2D eigenvalue weighted by atomic mass is 10.5. The normalized spacial score (nSPS) is 12.3. The molecule has 0 aromatic heterocycles. The lowest BCUT2D eigenvalue weighted by molar-refractivity contribution is -0.0512. The molecule has 0 bridgehead atoms. The summed E-state index contributed by atoms with van der Waals surface area (Å²) < 4.78 is 20.5. The van der Waals surface area contributed by atoms with Crippen molar-refractivity contribution in [2.45, 2.75) is 39.9 Å². The molecule has 0 aliphatic heterocycles. The van der Waals surface area contributed by atoms with E-state index in [-0.39, 0.29) is 26.7 Å². The summed E-state index contributed by atoms with van der Waals surface area (Å²) in [6.45, 7) is 7.42. The van der Waals surface area contributed by atoms with E-state index < -0.39 is 0 Å². The van der Waals surface area contributed by atoms with Gasteiger partial charge in [-0.15, -0.1) is 0 Å². The first-order valence-electron chi connectivity index (χ1n) is 3.60. The maximum atomic E-state index is 10.4. The molecular weight excluding hydrogens is 163 g/mol. The largest absolute Gasteiger partial charge is 0.333 e. The van der Waals surface area contributed by atoms with Gasteiger partial charge in [-0.1, -0.05) is 0 Å². The van der Waals surface area contributed by atoms with Crippen LogP contribution in [0.4, 0.5) is 0 Å². The minimum atomic E-state index is -0.197. The van der Waals surface area contributed by atoms with E-state index in [1.165, 1.54) is 0 Å². The second kappa shape index (κ2) is 5.64. The van der Waals surface area contributed by atoms with Crippen molar-refractivity contribution in [2.75, 3.05) is 0 Å². The number of rotatable bonds is 5. The van der Waals surface area contributed by atoms with Crippen LogP contribution < -0.4 is 0 Å². The van der Waals surface area contributed by atoms with Crippen molar-refractivity contribution in [3.63, 3.8) is 0 Å². The lowest BCUT2D eigenvalue weighted by Crippen LogP contribution is -2.12. The monoisotopic (exact) mass is 177 g/mol. The third-order valence-corrected chi connectivity index (χ3v) is 1.11. The predicted molar refractivity (Wildman–Crippen MR) is 43.3 cm³/mol. The standard InChI is InChI=1S/C7H14O3P/c1-5(2)9-7(11-8)10-6(3)4/h5-6H,1-4H3. The Morgan fingerprint density at radius 2 is 1.45 bits per heavy atom. The molecule has 1 radical (unpaired) electrons. The van der Waals surface area contributed by atoms with Crippen molar-refractivity contribution in [3.05, 3.63) is 6.03 Å². The second-order valence-electron chi connectivity index (χ2n) is 2.69. The minimum Gasteiger partial charge on any atom is -0.333 e. The van der Waals surface area contributed by atoms with Gasteiger partial charge in [0.05, 0.1) is 12.2 Å². The summed E-state index contributed by atoms with van der Waals surface area (Å²) in [5.74, 6) is 0. The first-order valence-corrected chi connectivity index (χ1v) is 4.41. The van der Waals surface area contributed by atoms with Crippen molar-refractivity contribution in [1.29, 1.82) is 0 Å². The van der Waals surface area contributed by atoms with Gasteiger partial charge in [0.1, 0.15) is 0 Å². The first-order chi connectivity index (χ1) is 5.06. The molecule has 0 aromatic rings. The maximum absolute atomic E-state index is 10.4. The molecular formula is C7H14O3P. The van der Waals surface area contributed by atoms with Crippen LogP contribution in [0.3, 0.4) is 0 Å². The highest BCUT2D eigenvalue weighted by molar-refractivity contribution is 7.27. The van der Waals surface area contributed by atoms with E-state index in [2.05, 4.69) is 0 Å². The zero-order chi connectivity index (χ0) is 8.85. The van der Waals surface area contributed by atoms with Gasteiger partial charge in [0.15, 0.2) is 0 Å². The van der Waals surface area contributed by atoms with E-state index in [1.807, 2.05) is 27.7 Å². The molecule has 3 nitrogen and oxygen atoms in total. The molecule has 65 valence electrons. The molecule has 0 aliphatic carbocycles. The number of hydrogen-bond acceptors (Lipinski definition) is 3. The van der Waals surface area contributed by atoms with Gasteiger partial charge < -0.3 is 9.47 Å². The molecule has 0 N–H and O–H groups in total. The fourth-order valence-electron chi connectivity index (χ4n) is 0.474. The average Bonchev–Trinajstić information content (AvgIpc) is 1.84. The van der Waals surface area contributed by atoms with Crippen molar-refractivity contribution in [2.24, 2.45) is 0 Å². The SMILES string of the molecule is CC(C)O[C](OC(C)C)P=O. The van der Waals surface area contributed by atoms with Crippen LogP contribution in [-0.2, 0) is 14.0 Å². The number of hydrogen-bond donors (Lipinski definition) is 0. The van der Waals surface area contributed by atoms with Crippen LogP contribution in [0.15, 0.2) is 0 Å². The molecule has 0 heterocycles. The molecule has 0 atom stereocenters. The van der Waals surface area contributed by atoms with Gasteiger partial charge in [-0.25, -0.2) is 0 Å². The van der Waals surface area contributed by atoms with Gasteiger partial charge in [-0.3, -0.25) is 4.57 Å². The van der Waals surface area contributed by atoms with Gasteiger partial charge in [-0.05, 0) is 27.7 Å². The molecule has 0 amide bonds. The molecule has 4 heteroatoms. The van der Waals surface area contributed by atoms with Crippen LogP contribution in [0, 0.1) is 6.03 Å². The zero-order valence-corrected chi connectivity index (χ0v) is 8.22. The Balaban J connectivity index is 3.67. The zero-order valence-electron chi connectivity index (χ0n) is 7.33. The Morgan fingerprint density at radius 3 is 1.64 bits per heavy atom. The predicted octanol–water partition coefficient (Wildman–Crippen LogP) is 2.58. The van der Waals surface area contributed by atoms with E-state index in [1.54, 1.807) is 0 Å². The summed E-state index contributed by atoms with van der Waals surface area (Å²) >= 11 is 0. The fraction of sp³-hybridized carbons (Fsp3) is 0.857. The Bertz CT molecular complexity index is 104. The lowest BCUT2D eigenvalue weighted by Gasteiger charge is -2.14. The van der Waals surface area contributed by atoms with Crippen molar-refractivity contribution in [3.8, 4) is 0 Å². The van der Waals surface area contributed by atoms with Gasteiger partial charge in [0, 0.05) is 0 Å². The van der Waals surface area contributed by atoms with Crippen LogP contribution in [-0.4, -0.2) is 12.2 Å². The third kappa shape index (κ3) is 6.42. The molecule has 11 heavy (non-hydrogen) atoms. The van der Waals surface area contributed by atoms with Gasteiger partial charge in [-0.2, -0.15) is 0 Å². The second-order valence-corrected chi connectivity index (χ2v) is 3.24. The van der Waals surface area contributed by atoms with Crippen LogP contribution in [0.2, 0.25) is 0 Å². The summed E-state index contributed by atoms with van der Waals surface area (Å²) in [7, 11) is -0.197. The highest BCUT2D eigenvalue weighted by Crippen LogP contribution is 2.22. The molecule has 0 spiro atoms. The molecule has 0 rings (SSSR count). The fourth-order valence-corrected chi connectivity index (χ4v) is 0.982. The minimum absolute atomic E-state index is 0.00481. The molecule has 0 aliphatic rings. The Labute approximate surface area is 69.3 Å². The maximum Gasteiger partial charge on any atom is 0.320 e. The van der Waals surface area contributed by atoms with Crippen molar-refractivity contribution < 1.29 is 14.0 Å². The highest BCUT2D eigenvalue weighted by atomic mass is 31.1. The Hall–Kier alpha value is 0.0200. The van der Waals surface area contributed by atoms with Gasteiger partial charge in [0.25, 0.3) is 0 Å².